The van der Waals surface area contributed by atoms with Crippen molar-refractivity contribution >= 4 is 11.9 Å². The number of likely N-dealkylation sites (tertiary alicyclic amines) is 1. The molecule has 0 radical (unpaired) electrons. The molecule has 1 rings (SSSR count). The molecule has 0 bridgehead atoms. The number of carboxylic acid groups (broad SMARTS) is 1. The molecule has 1 heterocycles. The van der Waals surface area contributed by atoms with Crippen molar-refractivity contribution in [1.82, 2.24) is 4.90 Å². The van der Waals surface area contributed by atoms with Crippen LogP contribution in [0, 0.1) is 17.3 Å². The number of carbonyl (C=O) groups is 2. The average Bonchev–Trinajstić information content (AvgIpc) is 2.54. The molecule has 2 atom stereocenters. The van der Waals surface area contributed by atoms with Gasteiger partial charge in [-0.15, -0.1) is 0 Å². The second-order valence-electron chi connectivity index (χ2n) is 6.74. The van der Waals surface area contributed by atoms with Crippen molar-refractivity contribution in [1.29, 1.82) is 0 Å². The van der Waals surface area contributed by atoms with E-state index in [1.807, 2.05) is 0 Å². The number of hydrogen-bond acceptors (Lipinski definition) is 2. The molecular weight excluding hydrogens is 230 g/mol. The van der Waals surface area contributed by atoms with E-state index in [0.29, 0.717) is 24.4 Å². The van der Waals surface area contributed by atoms with Crippen LogP contribution in [0.3, 0.4) is 0 Å². The second-order valence-corrected chi connectivity index (χ2v) is 6.74. The lowest BCUT2D eigenvalue weighted by atomic mass is 9.84. The molecule has 1 aliphatic heterocycles. The largest absolute Gasteiger partial charge is 0.481 e. The van der Waals surface area contributed by atoms with Crippen LogP contribution < -0.4 is 0 Å². The number of amides is 1. The van der Waals surface area contributed by atoms with E-state index < -0.39 is 11.9 Å². The van der Waals surface area contributed by atoms with Gasteiger partial charge in [-0.3, -0.25) is 9.59 Å². The highest BCUT2D eigenvalue weighted by atomic mass is 16.4. The Morgan fingerprint density at radius 2 is 2.11 bits per heavy atom. The highest BCUT2D eigenvalue weighted by Crippen LogP contribution is 2.27. The van der Waals surface area contributed by atoms with Gasteiger partial charge in [0.2, 0.25) is 5.91 Å². The number of carbonyl (C=O) groups excluding carboxylic acids is 1. The summed E-state index contributed by atoms with van der Waals surface area (Å²) in [7, 11) is 0. The van der Waals surface area contributed by atoms with Crippen LogP contribution >= 0.6 is 0 Å². The highest BCUT2D eigenvalue weighted by molar-refractivity contribution is 5.86. The number of carboxylic acids is 1. The number of hydrogen-bond donors (Lipinski definition) is 1. The average molecular weight is 255 g/mol. The summed E-state index contributed by atoms with van der Waals surface area (Å²) < 4.78 is 0. The highest BCUT2D eigenvalue weighted by Gasteiger charge is 2.34. The fourth-order valence-corrected chi connectivity index (χ4v) is 2.68. The van der Waals surface area contributed by atoms with E-state index in [1.54, 1.807) is 4.90 Å². The smallest absolute Gasteiger partial charge is 0.308 e. The maximum Gasteiger partial charge on any atom is 0.308 e. The Morgan fingerprint density at radius 1 is 1.50 bits per heavy atom. The monoisotopic (exact) mass is 255 g/mol. The first kappa shape index (κ1) is 15.0. The van der Waals surface area contributed by atoms with Crippen LogP contribution in [0.1, 0.15) is 47.0 Å². The van der Waals surface area contributed by atoms with Gasteiger partial charge in [0.05, 0.1) is 5.92 Å². The van der Waals surface area contributed by atoms with Crippen LogP contribution in [-0.2, 0) is 9.59 Å². The maximum absolute atomic E-state index is 11.6. The van der Waals surface area contributed by atoms with Gasteiger partial charge >= 0.3 is 5.97 Å². The Morgan fingerprint density at radius 3 is 2.56 bits per heavy atom. The molecule has 0 saturated carbocycles. The maximum atomic E-state index is 11.6. The van der Waals surface area contributed by atoms with Crippen LogP contribution in [0.4, 0.5) is 0 Å². The number of aliphatic carboxylic acids is 1. The molecular formula is C14H25NO3. The summed E-state index contributed by atoms with van der Waals surface area (Å²) in [4.78, 5) is 24.2. The molecule has 0 aromatic carbocycles. The molecule has 1 aliphatic rings. The second kappa shape index (κ2) is 5.72. The Balaban J connectivity index is 2.36. The standard InChI is InChI=1S/C14H25NO3/c1-10(8-14(2,3)4)5-6-15-9-11(13(17)18)7-12(15)16/h10-11H,5-9H2,1-4H3,(H,17,18). The third-order valence-electron chi connectivity index (χ3n) is 3.42. The molecule has 1 amide bonds. The first-order valence-corrected chi connectivity index (χ1v) is 6.69. The first-order valence-electron chi connectivity index (χ1n) is 6.69. The first-order chi connectivity index (χ1) is 8.19. The molecule has 0 spiro atoms. The van der Waals surface area contributed by atoms with E-state index in [2.05, 4.69) is 27.7 Å². The van der Waals surface area contributed by atoms with Crippen LogP contribution in [0.5, 0.6) is 0 Å². The summed E-state index contributed by atoms with van der Waals surface area (Å²) in [5.74, 6) is -0.809. The fourth-order valence-electron chi connectivity index (χ4n) is 2.68. The topological polar surface area (TPSA) is 57.6 Å². The van der Waals surface area contributed by atoms with Gasteiger partial charge in [0.25, 0.3) is 0 Å². The van der Waals surface area contributed by atoms with Crippen molar-refractivity contribution in [3.8, 4) is 0 Å². The molecule has 0 aliphatic carbocycles. The predicted molar refractivity (Wildman–Crippen MR) is 70.2 cm³/mol. The summed E-state index contributed by atoms with van der Waals surface area (Å²) in [6, 6.07) is 0. The van der Waals surface area contributed by atoms with E-state index in [9.17, 15) is 9.59 Å². The van der Waals surface area contributed by atoms with Gasteiger partial charge in [-0.05, 0) is 24.2 Å². The Labute approximate surface area is 109 Å². The molecule has 0 aromatic rings. The SMILES string of the molecule is CC(CCN1CC(C(=O)O)CC1=O)CC(C)(C)C. The molecule has 18 heavy (non-hydrogen) atoms. The van der Waals surface area contributed by atoms with Gasteiger partial charge in [-0.2, -0.15) is 0 Å². The van der Waals surface area contributed by atoms with Gasteiger partial charge in [0.1, 0.15) is 0 Å². The van der Waals surface area contributed by atoms with E-state index in [4.69, 9.17) is 5.11 Å². The van der Waals surface area contributed by atoms with Gasteiger partial charge in [0.15, 0.2) is 0 Å². The van der Waals surface area contributed by atoms with Crippen molar-refractivity contribution in [3.05, 3.63) is 0 Å². The van der Waals surface area contributed by atoms with Gasteiger partial charge in [-0.25, -0.2) is 0 Å². The lowest BCUT2D eigenvalue weighted by molar-refractivity contribution is -0.141. The fraction of sp³-hybridized carbons (Fsp3) is 0.857. The molecule has 1 fully saturated rings. The van der Waals surface area contributed by atoms with E-state index in [1.165, 1.54) is 0 Å². The minimum absolute atomic E-state index is 0.00893. The Bertz CT molecular complexity index is 319. The minimum atomic E-state index is -0.853. The molecule has 0 aromatic heterocycles. The van der Waals surface area contributed by atoms with Crippen LogP contribution in [0.25, 0.3) is 0 Å². The lowest BCUT2D eigenvalue weighted by Crippen LogP contribution is -2.28. The van der Waals surface area contributed by atoms with Crippen molar-refractivity contribution in [3.63, 3.8) is 0 Å². The zero-order valence-electron chi connectivity index (χ0n) is 11.9. The molecule has 4 nitrogen and oxygen atoms in total. The third-order valence-corrected chi connectivity index (χ3v) is 3.42. The minimum Gasteiger partial charge on any atom is -0.481 e. The van der Waals surface area contributed by atoms with Crippen molar-refractivity contribution in [2.24, 2.45) is 17.3 Å². The quantitative estimate of drug-likeness (QED) is 0.820. The molecule has 1 N–H and O–H groups in total. The van der Waals surface area contributed by atoms with Crippen molar-refractivity contribution in [2.75, 3.05) is 13.1 Å². The lowest BCUT2D eigenvalue weighted by Gasteiger charge is -2.25. The van der Waals surface area contributed by atoms with Crippen molar-refractivity contribution < 1.29 is 14.7 Å². The predicted octanol–water partition coefficient (Wildman–Crippen LogP) is 2.38. The van der Waals surface area contributed by atoms with Gasteiger partial charge < -0.3 is 10.0 Å². The van der Waals surface area contributed by atoms with E-state index >= 15 is 0 Å². The third kappa shape index (κ3) is 4.67. The molecule has 104 valence electrons. The number of rotatable bonds is 5. The zero-order valence-corrected chi connectivity index (χ0v) is 11.9. The summed E-state index contributed by atoms with van der Waals surface area (Å²) in [6.07, 6.45) is 2.25. The van der Waals surface area contributed by atoms with Crippen LogP contribution in [0.2, 0.25) is 0 Å². The van der Waals surface area contributed by atoms with Gasteiger partial charge in [0, 0.05) is 19.5 Å². The summed E-state index contributed by atoms with van der Waals surface area (Å²) in [5, 5.41) is 8.90. The summed E-state index contributed by atoms with van der Waals surface area (Å²) >= 11 is 0. The summed E-state index contributed by atoms with van der Waals surface area (Å²) in [6.45, 7) is 9.91. The Kier molecular flexibility index (Phi) is 4.77. The van der Waals surface area contributed by atoms with Crippen LogP contribution in [0.15, 0.2) is 0 Å². The Hall–Kier alpha value is -1.06. The zero-order chi connectivity index (χ0) is 13.9. The molecule has 4 heteroatoms. The molecule has 2 unspecified atom stereocenters. The van der Waals surface area contributed by atoms with E-state index in [0.717, 1.165) is 12.8 Å². The summed E-state index contributed by atoms with van der Waals surface area (Å²) in [5.41, 5.74) is 0.304. The van der Waals surface area contributed by atoms with Gasteiger partial charge in [-0.1, -0.05) is 27.7 Å². The van der Waals surface area contributed by atoms with Crippen molar-refractivity contribution in [2.45, 2.75) is 47.0 Å². The number of nitrogens with zero attached hydrogens (tertiary/aromatic N) is 1. The van der Waals surface area contributed by atoms with Crippen LogP contribution in [-0.4, -0.2) is 35.0 Å². The van der Waals surface area contributed by atoms with E-state index in [-0.39, 0.29) is 12.3 Å². The molecule has 1 saturated heterocycles. The normalized spacial score (nSPS) is 22.3.